The van der Waals surface area contributed by atoms with Gasteiger partial charge in [0.2, 0.25) is 5.91 Å². The van der Waals surface area contributed by atoms with Crippen molar-refractivity contribution in [1.82, 2.24) is 14.3 Å². The van der Waals surface area contributed by atoms with Crippen molar-refractivity contribution < 1.29 is 14.7 Å². The lowest BCUT2D eigenvalue weighted by molar-refractivity contribution is -0.119. The normalized spacial score (nSPS) is 27.1. The number of rotatable bonds is 5. The van der Waals surface area contributed by atoms with Gasteiger partial charge in [0.05, 0.1) is 11.6 Å². The first-order valence-electron chi connectivity index (χ1n) is 12.7. The van der Waals surface area contributed by atoms with Crippen LogP contribution in [0.2, 0.25) is 0 Å². The molecule has 2 aromatic heterocycles. The van der Waals surface area contributed by atoms with Gasteiger partial charge in [0, 0.05) is 19.2 Å². The second-order valence-electron chi connectivity index (χ2n) is 11.1. The van der Waals surface area contributed by atoms with Gasteiger partial charge in [-0.3, -0.25) is 14.0 Å². The average Bonchev–Trinajstić information content (AvgIpc) is 3.23. The van der Waals surface area contributed by atoms with E-state index in [1.165, 1.54) is 12.8 Å². The fraction of sp³-hybridized carbons (Fsp3) is 0.593. The van der Waals surface area contributed by atoms with E-state index in [0.29, 0.717) is 36.0 Å². The molecule has 1 saturated heterocycles. The summed E-state index contributed by atoms with van der Waals surface area (Å²) in [4.78, 5) is 32.8. The molecule has 2 aromatic rings. The summed E-state index contributed by atoms with van der Waals surface area (Å²) in [6.45, 7) is 4.13. The minimum atomic E-state index is -0.972. The van der Waals surface area contributed by atoms with Gasteiger partial charge in [-0.1, -0.05) is 24.6 Å². The van der Waals surface area contributed by atoms with E-state index in [1.807, 2.05) is 18.2 Å². The zero-order valence-electron chi connectivity index (χ0n) is 20.3. The molecule has 0 radical (unpaired) electrons. The molecule has 2 bridgehead atoms. The van der Waals surface area contributed by atoms with Crippen LogP contribution in [0.5, 0.6) is 0 Å². The van der Waals surface area contributed by atoms with E-state index >= 15 is 0 Å². The SMILES string of the molecule is CC(C)(O)C1CCCCN1C(=O)c1cn2c(NC(=O)CC34CC=CC(CCC3)C4)cccc2n1. The molecule has 2 amide bonds. The molecule has 7 heteroatoms. The van der Waals surface area contributed by atoms with Gasteiger partial charge < -0.3 is 15.3 Å². The van der Waals surface area contributed by atoms with Crippen LogP contribution in [0.15, 0.2) is 36.5 Å². The van der Waals surface area contributed by atoms with Gasteiger partial charge in [-0.25, -0.2) is 4.98 Å². The summed E-state index contributed by atoms with van der Waals surface area (Å²) >= 11 is 0. The van der Waals surface area contributed by atoms with Crippen LogP contribution in [0, 0.1) is 11.3 Å². The lowest BCUT2D eigenvalue weighted by atomic mass is 9.63. The predicted molar refractivity (Wildman–Crippen MR) is 132 cm³/mol. The number of nitrogens with one attached hydrogen (secondary N) is 1. The molecule has 5 rings (SSSR count). The maximum absolute atomic E-state index is 13.4. The maximum Gasteiger partial charge on any atom is 0.274 e. The van der Waals surface area contributed by atoms with Crippen molar-refractivity contribution in [2.75, 3.05) is 11.9 Å². The fourth-order valence-electron chi connectivity index (χ4n) is 6.39. The highest BCUT2D eigenvalue weighted by Gasteiger charge is 2.39. The highest BCUT2D eigenvalue weighted by Crippen LogP contribution is 2.48. The number of carbonyl (C=O) groups excluding carboxylic acids is 2. The molecule has 3 atom stereocenters. The number of nitrogens with zero attached hydrogens (tertiary/aromatic N) is 3. The fourth-order valence-corrected chi connectivity index (χ4v) is 6.39. The van der Waals surface area contributed by atoms with E-state index in [9.17, 15) is 14.7 Å². The van der Waals surface area contributed by atoms with Crippen molar-refractivity contribution >= 4 is 23.3 Å². The van der Waals surface area contributed by atoms with Crippen LogP contribution in [0.3, 0.4) is 0 Å². The lowest BCUT2D eigenvalue weighted by Crippen LogP contribution is -2.54. The molecule has 34 heavy (non-hydrogen) atoms. The Morgan fingerprint density at radius 3 is 2.91 bits per heavy atom. The minimum Gasteiger partial charge on any atom is -0.388 e. The van der Waals surface area contributed by atoms with E-state index in [4.69, 9.17) is 0 Å². The number of hydrogen-bond acceptors (Lipinski definition) is 4. The van der Waals surface area contributed by atoms with Gasteiger partial charge in [-0.05, 0) is 82.3 Å². The van der Waals surface area contributed by atoms with Crippen LogP contribution < -0.4 is 5.32 Å². The molecule has 3 heterocycles. The number of hydrogen-bond donors (Lipinski definition) is 2. The van der Waals surface area contributed by atoms with Gasteiger partial charge in [-0.15, -0.1) is 0 Å². The quantitative estimate of drug-likeness (QED) is 0.635. The monoisotopic (exact) mass is 464 g/mol. The molecule has 2 aliphatic carbocycles. The number of allylic oxidation sites excluding steroid dienone is 2. The Kier molecular flexibility index (Phi) is 6.00. The smallest absolute Gasteiger partial charge is 0.274 e. The summed E-state index contributed by atoms with van der Waals surface area (Å²) < 4.78 is 1.79. The number of amides is 2. The summed E-state index contributed by atoms with van der Waals surface area (Å²) in [7, 11) is 0. The first-order valence-corrected chi connectivity index (χ1v) is 12.7. The second kappa shape index (κ2) is 8.84. The maximum atomic E-state index is 13.4. The first kappa shape index (κ1) is 23.1. The third kappa shape index (κ3) is 4.50. The van der Waals surface area contributed by atoms with E-state index in [2.05, 4.69) is 22.5 Å². The van der Waals surface area contributed by atoms with Crippen LogP contribution in [-0.4, -0.2) is 49.4 Å². The van der Waals surface area contributed by atoms with Crippen LogP contribution >= 0.6 is 0 Å². The van der Waals surface area contributed by atoms with Crippen molar-refractivity contribution in [3.8, 4) is 0 Å². The molecule has 0 spiro atoms. The predicted octanol–water partition coefficient (Wildman–Crippen LogP) is 4.57. The molecule has 3 aliphatic rings. The third-order valence-electron chi connectivity index (χ3n) is 8.03. The molecule has 1 saturated carbocycles. The topological polar surface area (TPSA) is 86.9 Å². The number of aliphatic hydroxyl groups is 1. The zero-order valence-corrected chi connectivity index (χ0v) is 20.3. The number of imidazole rings is 1. The summed E-state index contributed by atoms with van der Waals surface area (Å²) in [5.74, 6) is 1.09. The average molecular weight is 465 g/mol. The summed E-state index contributed by atoms with van der Waals surface area (Å²) in [6.07, 6.45) is 15.1. The molecule has 1 aliphatic heterocycles. The molecule has 2 fully saturated rings. The van der Waals surface area contributed by atoms with E-state index in [0.717, 1.165) is 38.5 Å². The number of pyridine rings is 1. The molecule has 182 valence electrons. The van der Waals surface area contributed by atoms with Crippen LogP contribution in [0.4, 0.5) is 5.82 Å². The number of fused-ring (bicyclic) bond motifs is 3. The highest BCUT2D eigenvalue weighted by atomic mass is 16.3. The Morgan fingerprint density at radius 1 is 1.24 bits per heavy atom. The van der Waals surface area contributed by atoms with E-state index < -0.39 is 5.60 Å². The molecule has 2 N–H and O–H groups in total. The van der Waals surface area contributed by atoms with E-state index in [-0.39, 0.29) is 23.3 Å². The third-order valence-corrected chi connectivity index (χ3v) is 8.03. The Labute approximate surface area is 201 Å². The minimum absolute atomic E-state index is 0.0168. The number of aromatic nitrogens is 2. The van der Waals surface area contributed by atoms with Crippen molar-refractivity contribution in [2.24, 2.45) is 11.3 Å². The molecule has 3 unspecified atom stereocenters. The largest absolute Gasteiger partial charge is 0.388 e. The summed E-state index contributed by atoms with van der Waals surface area (Å²) in [5.41, 5.74) is 0.0604. The van der Waals surface area contributed by atoms with Crippen LogP contribution in [-0.2, 0) is 4.79 Å². The number of piperidine rings is 1. The zero-order chi connectivity index (χ0) is 23.9. The van der Waals surface area contributed by atoms with Crippen LogP contribution in [0.1, 0.15) is 82.1 Å². The lowest BCUT2D eigenvalue weighted by Gasteiger charge is -2.42. The summed E-state index contributed by atoms with van der Waals surface area (Å²) in [6, 6.07) is 5.31. The van der Waals surface area contributed by atoms with Crippen molar-refractivity contribution in [3.63, 3.8) is 0 Å². The summed E-state index contributed by atoms with van der Waals surface area (Å²) in [5, 5.41) is 13.7. The van der Waals surface area contributed by atoms with Crippen molar-refractivity contribution in [1.29, 1.82) is 0 Å². The van der Waals surface area contributed by atoms with Gasteiger partial charge in [0.25, 0.3) is 5.91 Å². The number of likely N-dealkylation sites (tertiary alicyclic amines) is 1. The van der Waals surface area contributed by atoms with Gasteiger partial charge in [-0.2, -0.15) is 0 Å². The van der Waals surface area contributed by atoms with Gasteiger partial charge in [0.15, 0.2) is 0 Å². The van der Waals surface area contributed by atoms with E-state index in [1.54, 1.807) is 29.3 Å². The van der Waals surface area contributed by atoms with Crippen molar-refractivity contribution in [2.45, 2.75) is 83.3 Å². The molecular formula is C27H36N4O3. The first-order chi connectivity index (χ1) is 16.2. The Balaban J connectivity index is 1.35. The number of carbonyl (C=O) groups is 2. The highest BCUT2D eigenvalue weighted by molar-refractivity contribution is 5.94. The Morgan fingerprint density at radius 2 is 2.09 bits per heavy atom. The van der Waals surface area contributed by atoms with Crippen LogP contribution in [0.25, 0.3) is 5.65 Å². The van der Waals surface area contributed by atoms with Crippen molar-refractivity contribution in [3.05, 3.63) is 42.2 Å². The van der Waals surface area contributed by atoms with Gasteiger partial charge >= 0.3 is 0 Å². The Bertz CT molecular complexity index is 1110. The molecule has 7 nitrogen and oxygen atoms in total. The second-order valence-corrected chi connectivity index (χ2v) is 11.1. The molecular weight excluding hydrogens is 428 g/mol. The standard InChI is InChI=1S/C27H36N4O3/c1-26(2,34)21-10-3-4-15-30(21)25(33)20-18-31-22(28-20)11-5-12-23(31)29-24(32)17-27-13-6-8-19(16-27)9-7-14-27/h5-6,8,11-12,18-19,21,34H,3-4,7,9-10,13-17H2,1-2H3,(H,29,32). The van der Waals surface area contributed by atoms with Gasteiger partial charge in [0.1, 0.15) is 17.2 Å². The Hall–Kier alpha value is -2.67. The number of anilines is 1. The molecule has 0 aromatic carbocycles.